The lowest BCUT2D eigenvalue weighted by Crippen LogP contribution is -2.15. The Hall–Kier alpha value is -3.05. The van der Waals surface area contributed by atoms with Crippen molar-refractivity contribution in [1.29, 1.82) is 0 Å². The Morgan fingerprint density at radius 3 is 2.68 bits per heavy atom. The lowest BCUT2D eigenvalue weighted by Gasteiger charge is -2.07. The molecule has 0 saturated carbocycles. The molecule has 1 aromatic carbocycles. The highest BCUT2D eigenvalue weighted by Crippen LogP contribution is 2.27. The van der Waals surface area contributed by atoms with E-state index in [0.29, 0.717) is 16.8 Å². The van der Waals surface area contributed by atoms with Gasteiger partial charge in [-0.05, 0) is 30.7 Å². The molecule has 4 aromatic rings. The molecule has 142 valence electrons. The minimum atomic E-state index is -4.09. The van der Waals surface area contributed by atoms with Crippen LogP contribution in [0.4, 0.5) is 5.69 Å². The highest BCUT2D eigenvalue weighted by atomic mass is 79.9. The molecule has 11 heteroatoms. The summed E-state index contributed by atoms with van der Waals surface area (Å²) in [6.45, 7) is 1.57. The van der Waals surface area contributed by atoms with Crippen LogP contribution in [0.5, 0.6) is 0 Å². The third-order valence-electron chi connectivity index (χ3n) is 4.23. The van der Waals surface area contributed by atoms with Crippen molar-refractivity contribution in [1.82, 2.24) is 18.8 Å². The van der Waals surface area contributed by atoms with Gasteiger partial charge in [0.25, 0.3) is 15.7 Å². The van der Waals surface area contributed by atoms with E-state index in [1.165, 1.54) is 18.3 Å². The summed E-state index contributed by atoms with van der Waals surface area (Å²) in [5, 5.41) is 19.4. The van der Waals surface area contributed by atoms with Crippen LogP contribution >= 0.6 is 15.9 Å². The van der Waals surface area contributed by atoms with Crippen molar-refractivity contribution in [2.75, 3.05) is 0 Å². The molecule has 0 unspecified atom stereocenters. The van der Waals surface area contributed by atoms with E-state index in [1.807, 2.05) is 12.1 Å². The van der Waals surface area contributed by atoms with Crippen LogP contribution in [0.1, 0.15) is 5.56 Å². The molecule has 0 aliphatic rings. The molecule has 0 radical (unpaired) electrons. The standard InChI is InChI=1S/C17H12BrN5O4S/c1-11-2-3-13(23(24)25)9-17(11)28(26,27)22-7-5-15(20-22)14-10-19-21-6-4-12(18)8-16(14)21/h2-10H,1H3. The normalized spacial score (nSPS) is 11.8. The highest BCUT2D eigenvalue weighted by molar-refractivity contribution is 9.10. The quantitative estimate of drug-likeness (QED) is 0.339. The molecular formula is C17H12BrN5O4S. The van der Waals surface area contributed by atoms with Crippen LogP contribution in [0.15, 0.2) is 64.4 Å². The first-order valence-electron chi connectivity index (χ1n) is 7.97. The molecule has 28 heavy (non-hydrogen) atoms. The lowest BCUT2D eigenvalue weighted by atomic mass is 10.2. The maximum Gasteiger partial charge on any atom is 0.283 e. The zero-order chi connectivity index (χ0) is 20.1. The SMILES string of the molecule is Cc1ccc([N+](=O)[O-])cc1S(=O)(=O)n1ccc(-c2cnn3ccc(Br)cc23)n1. The molecule has 0 spiro atoms. The molecule has 0 aliphatic carbocycles. The van der Waals surface area contributed by atoms with Crippen molar-refractivity contribution in [3.05, 3.63) is 75.1 Å². The zero-order valence-electron chi connectivity index (χ0n) is 14.4. The van der Waals surface area contributed by atoms with Crippen molar-refractivity contribution in [3.63, 3.8) is 0 Å². The van der Waals surface area contributed by atoms with Crippen molar-refractivity contribution in [3.8, 4) is 11.3 Å². The van der Waals surface area contributed by atoms with Crippen LogP contribution in [0, 0.1) is 17.0 Å². The van der Waals surface area contributed by atoms with Gasteiger partial charge in [-0.2, -0.15) is 22.7 Å². The lowest BCUT2D eigenvalue weighted by molar-refractivity contribution is -0.385. The molecule has 0 bridgehead atoms. The number of nitrogens with zero attached hydrogens (tertiary/aromatic N) is 5. The number of fused-ring (bicyclic) bond motifs is 1. The smallest absolute Gasteiger partial charge is 0.258 e. The summed E-state index contributed by atoms with van der Waals surface area (Å²) in [6, 6.07) is 8.94. The first-order chi connectivity index (χ1) is 13.3. The Labute approximate surface area is 167 Å². The minimum absolute atomic E-state index is 0.168. The first-order valence-corrected chi connectivity index (χ1v) is 10.2. The largest absolute Gasteiger partial charge is 0.283 e. The van der Waals surface area contributed by atoms with Crippen LogP contribution in [-0.2, 0) is 10.0 Å². The van der Waals surface area contributed by atoms with E-state index in [1.54, 1.807) is 29.9 Å². The van der Waals surface area contributed by atoms with Gasteiger partial charge in [0.2, 0.25) is 0 Å². The Balaban J connectivity index is 1.81. The molecule has 0 atom stereocenters. The number of nitro benzene ring substituents is 1. The summed E-state index contributed by atoms with van der Waals surface area (Å²) < 4.78 is 29.3. The maximum absolute atomic E-state index is 13.0. The zero-order valence-corrected chi connectivity index (χ0v) is 16.8. The van der Waals surface area contributed by atoms with E-state index >= 15 is 0 Å². The molecule has 9 nitrogen and oxygen atoms in total. The third kappa shape index (κ3) is 2.98. The molecule has 0 N–H and O–H groups in total. The highest BCUT2D eigenvalue weighted by Gasteiger charge is 2.24. The van der Waals surface area contributed by atoms with Gasteiger partial charge in [0.05, 0.1) is 27.2 Å². The van der Waals surface area contributed by atoms with Gasteiger partial charge in [-0.25, -0.2) is 4.52 Å². The number of hydrogen-bond donors (Lipinski definition) is 0. The van der Waals surface area contributed by atoms with Crippen molar-refractivity contribution >= 4 is 37.2 Å². The van der Waals surface area contributed by atoms with Gasteiger partial charge in [0.15, 0.2) is 0 Å². The summed E-state index contributed by atoms with van der Waals surface area (Å²) in [6.07, 6.45) is 4.67. The van der Waals surface area contributed by atoms with Gasteiger partial charge in [-0.3, -0.25) is 10.1 Å². The number of rotatable bonds is 4. The maximum atomic E-state index is 13.0. The van der Waals surface area contributed by atoms with E-state index in [0.717, 1.165) is 20.1 Å². The van der Waals surface area contributed by atoms with E-state index in [4.69, 9.17) is 0 Å². The number of non-ortho nitro benzene ring substituents is 1. The monoisotopic (exact) mass is 461 g/mol. The molecule has 0 amide bonds. The van der Waals surface area contributed by atoms with Crippen LogP contribution in [0.2, 0.25) is 0 Å². The van der Waals surface area contributed by atoms with Gasteiger partial charge in [0, 0.05) is 34.6 Å². The first kappa shape index (κ1) is 18.3. The Morgan fingerprint density at radius 2 is 1.93 bits per heavy atom. The third-order valence-corrected chi connectivity index (χ3v) is 6.42. The predicted octanol–water partition coefficient (Wildman–Crippen LogP) is 3.41. The second-order valence-electron chi connectivity index (χ2n) is 6.02. The fourth-order valence-electron chi connectivity index (χ4n) is 2.82. The molecule has 3 aromatic heterocycles. The second kappa shape index (κ2) is 6.53. The van der Waals surface area contributed by atoms with E-state index in [-0.39, 0.29) is 10.6 Å². The number of hydrogen-bond acceptors (Lipinski definition) is 6. The molecule has 0 saturated heterocycles. The Morgan fingerprint density at radius 1 is 1.14 bits per heavy atom. The summed E-state index contributed by atoms with van der Waals surface area (Å²) in [4.78, 5) is 10.2. The predicted molar refractivity (Wildman–Crippen MR) is 105 cm³/mol. The van der Waals surface area contributed by atoms with Crippen molar-refractivity contribution in [2.45, 2.75) is 11.8 Å². The molecule has 0 fully saturated rings. The summed E-state index contributed by atoms with van der Waals surface area (Å²) in [7, 11) is -4.09. The number of pyridine rings is 1. The topological polar surface area (TPSA) is 112 Å². The van der Waals surface area contributed by atoms with E-state index < -0.39 is 14.9 Å². The number of halogens is 1. The van der Waals surface area contributed by atoms with Crippen LogP contribution in [0.3, 0.4) is 0 Å². The fourth-order valence-corrected chi connectivity index (χ4v) is 4.52. The molecular weight excluding hydrogens is 450 g/mol. The van der Waals surface area contributed by atoms with E-state index in [9.17, 15) is 18.5 Å². The fraction of sp³-hybridized carbons (Fsp3) is 0.0588. The summed E-state index contributed by atoms with van der Waals surface area (Å²) in [5.74, 6) is 0. The van der Waals surface area contributed by atoms with Crippen LogP contribution < -0.4 is 0 Å². The number of benzene rings is 1. The number of aromatic nitrogens is 4. The van der Waals surface area contributed by atoms with Gasteiger partial charge in [-0.1, -0.05) is 22.0 Å². The number of aryl methyl sites for hydroxylation is 1. The van der Waals surface area contributed by atoms with Gasteiger partial charge < -0.3 is 0 Å². The van der Waals surface area contributed by atoms with Gasteiger partial charge >= 0.3 is 0 Å². The van der Waals surface area contributed by atoms with Gasteiger partial charge in [0.1, 0.15) is 0 Å². The second-order valence-corrected chi connectivity index (χ2v) is 8.70. The molecule has 4 rings (SSSR count). The Kier molecular flexibility index (Phi) is 4.27. The number of nitro groups is 1. The molecule has 3 heterocycles. The Bertz CT molecular complexity index is 1340. The summed E-state index contributed by atoms with van der Waals surface area (Å²) in [5.41, 5.74) is 1.92. The average Bonchev–Trinajstić information content (AvgIpc) is 3.28. The summed E-state index contributed by atoms with van der Waals surface area (Å²) >= 11 is 3.40. The van der Waals surface area contributed by atoms with Crippen molar-refractivity contribution in [2.24, 2.45) is 0 Å². The van der Waals surface area contributed by atoms with Crippen molar-refractivity contribution < 1.29 is 13.3 Å². The average molecular weight is 462 g/mol. The van der Waals surface area contributed by atoms with Crippen LogP contribution in [-0.4, -0.2) is 32.1 Å². The van der Waals surface area contributed by atoms with Gasteiger partial charge in [-0.15, -0.1) is 0 Å². The minimum Gasteiger partial charge on any atom is -0.258 e. The van der Waals surface area contributed by atoms with E-state index in [2.05, 4.69) is 26.1 Å². The molecule has 0 aliphatic heterocycles. The van der Waals surface area contributed by atoms with Crippen LogP contribution in [0.25, 0.3) is 16.8 Å².